The second-order valence-electron chi connectivity index (χ2n) is 8.34. The molecule has 33 heavy (non-hydrogen) atoms. The topological polar surface area (TPSA) is 66.5 Å². The van der Waals surface area contributed by atoms with Gasteiger partial charge in [-0.1, -0.05) is 41.9 Å². The molecule has 0 spiro atoms. The number of aryl methyl sites for hydroxylation is 4. The number of carbonyl (C=O) groups is 1. The Morgan fingerprint density at radius 1 is 0.909 bits per heavy atom. The fraction of sp³-hybridized carbons (Fsp3) is 0.269. The predicted octanol–water partition coefficient (Wildman–Crippen LogP) is 5.65. The van der Waals surface area contributed by atoms with Crippen molar-refractivity contribution in [3.8, 4) is 0 Å². The normalized spacial score (nSPS) is 12.3. The zero-order valence-corrected chi connectivity index (χ0v) is 21.1. The first-order valence-electron chi connectivity index (χ1n) is 10.7. The third-order valence-electron chi connectivity index (χ3n) is 5.77. The van der Waals surface area contributed by atoms with Crippen LogP contribution >= 0.6 is 11.6 Å². The van der Waals surface area contributed by atoms with E-state index in [2.05, 4.69) is 24.4 Å². The van der Waals surface area contributed by atoms with Crippen molar-refractivity contribution in [2.45, 2.75) is 45.6 Å². The number of rotatable bonds is 7. The molecule has 1 atom stereocenters. The lowest BCUT2D eigenvalue weighted by Gasteiger charge is -2.27. The van der Waals surface area contributed by atoms with E-state index in [-0.39, 0.29) is 17.5 Å². The number of nitrogens with zero attached hydrogens (tertiary/aromatic N) is 1. The number of sulfonamides is 1. The van der Waals surface area contributed by atoms with Crippen LogP contribution < -0.4 is 9.62 Å². The smallest absolute Gasteiger partial charge is 0.264 e. The Morgan fingerprint density at radius 3 is 2.18 bits per heavy atom. The molecule has 1 N–H and O–H groups in total. The summed E-state index contributed by atoms with van der Waals surface area (Å²) >= 11 is 6.09. The molecule has 0 fully saturated rings. The minimum Gasteiger partial charge on any atom is -0.348 e. The maximum Gasteiger partial charge on any atom is 0.264 e. The standard InChI is InChI=1S/C26H29ClN2O3S/c1-17-13-19(3)24(15-18(17)2)21(5)28-26(30)16-29(25-12-11-22(27)14-20(25)4)33(31,32)23-9-7-6-8-10-23/h6-15,21H,16H2,1-5H3,(H,28,30)/t21-/m1/s1. The molecule has 0 aliphatic carbocycles. The van der Waals surface area contributed by atoms with Gasteiger partial charge in [0, 0.05) is 5.02 Å². The van der Waals surface area contributed by atoms with Crippen LogP contribution in [-0.4, -0.2) is 20.9 Å². The van der Waals surface area contributed by atoms with Gasteiger partial charge in [0.05, 0.1) is 16.6 Å². The van der Waals surface area contributed by atoms with Crippen molar-refractivity contribution in [3.05, 3.63) is 93.5 Å². The summed E-state index contributed by atoms with van der Waals surface area (Å²) < 4.78 is 28.2. The fourth-order valence-corrected chi connectivity index (χ4v) is 5.60. The van der Waals surface area contributed by atoms with Crippen LogP contribution in [0.5, 0.6) is 0 Å². The number of halogens is 1. The van der Waals surface area contributed by atoms with E-state index in [0.717, 1.165) is 21.0 Å². The second kappa shape index (κ2) is 9.98. The van der Waals surface area contributed by atoms with Crippen LogP contribution in [0.3, 0.4) is 0 Å². The average molecular weight is 485 g/mol. The zero-order chi connectivity index (χ0) is 24.3. The van der Waals surface area contributed by atoms with Gasteiger partial charge in [-0.15, -0.1) is 0 Å². The fourth-order valence-electron chi connectivity index (χ4n) is 3.86. The molecule has 5 nitrogen and oxygen atoms in total. The van der Waals surface area contributed by atoms with E-state index in [9.17, 15) is 13.2 Å². The Kier molecular flexibility index (Phi) is 7.50. The van der Waals surface area contributed by atoms with Crippen molar-refractivity contribution in [1.29, 1.82) is 0 Å². The molecule has 0 heterocycles. The van der Waals surface area contributed by atoms with Gasteiger partial charge < -0.3 is 5.32 Å². The highest BCUT2D eigenvalue weighted by Gasteiger charge is 2.29. The number of anilines is 1. The van der Waals surface area contributed by atoms with Crippen LogP contribution in [0.25, 0.3) is 0 Å². The maximum absolute atomic E-state index is 13.5. The molecular formula is C26H29ClN2O3S. The number of benzene rings is 3. The second-order valence-corrected chi connectivity index (χ2v) is 10.6. The van der Waals surface area contributed by atoms with Gasteiger partial charge in [-0.25, -0.2) is 8.42 Å². The predicted molar refractivity (Wildman–Crippen MR) is 134 cm³/mol. The van der Waals surface area contributed by atoms with Crippen LogP contribution in [0.4, 0.5) is 5.69 Å². The summed E-state index contributed by atoms with van der Waals surface area (Å²) in [4.78, 5) is 13.2. The van der Waals surface area contributed by atoms with Crippen LogP contribution in [0, 0.1) is 27.7 Å². The van der Waals surface area contributed by atoms with E-state index in [4.69, 9.17) is 11.6 Å². The van der Waals surface area contributed by atoms with Gasteiger partial charge in [0.2, 0.25) is 5.91 Å². The molecule has 0 saturated heterocycles. The molecule has 0 aliphatic rings. The molecular weight excluding hydrogens is 456 g/mol. The number of hydrogen-bond acceptors (Lipinski definition) is 3. The quantitative estimate of drug-likeness (QED) is 0.471. The first-order chi connectivity index (χ1) is 15.5. The molecule has 0 aliphatic heterocycles. The Bertz CT molecular complexity index is 1270. The van der Waals surface area contributed by atoms with E-state index in [1.807, 2.05) is 20.8 Å². The first kappa shape index (κ1) is 24.8. The summed E-state index contributed by atoms with van der Waals surface area (Å²) in [5, 5.41) is 3.46. The van der Waals surface area contributed by atoms with Crippen molar-refractivity contribution < 1.29 is 13.2 Å². The van der Waals surface area contributed by atoms with Gasteiger partial charge >= 0.3 is 0 Å². The van der Waals surface area contributed by atoms with Gasteiger partial charge in [0.1, 0.15) is 6.54 Å². The molecule has 174 valence electrons. The van der Waals surface area contributed by atoms with Crippen molar-refractivity contribution in [2.75, 3.05) is 10.8 Å². The molecule has 0 bridgehead atoms. The molecule has 0 unspecified atom stereocenters. The van der Waals surface area contributed by atoms with E-state index >= 15 is 0 Å². The van der Waals surface area contributed by atoms with E-state index in [1.54, 1.807) is 43.3 Å². The molecule has 1 amide bonds. The summed E-state index contributed by atoms with van der Waals surface area (Å²) in [5.41, 5.74) is 5.48. The minimum absolute atomic E-state index is 0.116. The Balaban J connectivity index is 1.93. The molecule has 7 heteroatoms. The number of hydrogen-bond donors (Lipinski definition) is 1. The lowest BCUT2D eigenvalue weighted by atomic mass is 9.96. The average Bonchev–Trinajstić information content (AvgIpc) is 2.75. The molecule has 0 aromatic heterocycles. The molecule has 3 aromatic rings. The highest BCUT2D eigenvalue weighted by molar-refractivity contribution is 7.92. The molecule has 3 rings (SSSR count). The van der Waals surface area contributed by atoms with Crippen molar-refractivity contribution in [3.63, 3.8) is 0 Å². The highest BCUT2D eigenvalue weighted by Crippen LogP contribution is 2.29. The Morgan fingerprint density at radius 2 is 1.55 bits per heavy atom. The van der Waals surface area contributed by atoms with Crippen molar-refractivity contribution >= 4 is 33.2 Å². The maximum atomic E-state index is 13.5. The lowest BCUT2D eigenvalue weighted by Crippen LogP contribution is -2.42. The third-order valence-corrected chi connectivity index (χ3v) is 7.78. The minimum atomic E-state index is -3.98. The van der Waals surface area contributed by atoms with Crippen LogP contribution in [0.2, 0.25) is 5.02 Å². The van der Waals surface area contributed by atoms with Gasteiger partial charge in [-0.2, -0.15) is 0 Å². The highest BCUT2D eigenvalue weighted by atomic mass is 35.5. The van der Waals surface area contributed by atoms with Crippen LogP contribution in [-0.2, 0) is 14.8 Å². The summed E-state index contributed by atoms with van der Waals surface area (Å²) in [6.45, 7) is 9.41. The summed E-state index contributed by atoms with van der Waals surface area (Å²) in [5.74, 6) is -0.394. The van der Waals surface area contributed by atoms with Crippen LogP contribution in [0.1, 0.15) is 40.8 Å². The number of amides is 1. The molecule has 0 saturated carbocycles. The lowest BCUT2D eigenvalue weighted by molar-refractivity contribution is -0.120. The summed E-state index contributed by atoms with van der Waals surface area (Å²) in [6.07, 6.45) is 0. The third kappa shape index (κ3) is 5.57. The van der Waals surface area contributed by atoms with E-state index < -0.39 is 15.9 Å². The van der Waals surface area contributed by atoms with Gasteiger partial charge in [-0.05, 0) is 92.8 Å². The van der Waals surface area contributed by atoms with Gasteiger partial charge in [0.15, 0.2) is 0 Å². The van der Waals surface area contributed by atoms with E-state index in [0.29, 0.717) is 16.3 Å². The first-order valence-corrected chi connectivity index (χ1v) is 12.5. The number of nitrogens with one attached hydrogen (secondary N) is 1. The molecule has 0 radical (unpaired) electrons. The van der Waals surface area contributed by atoms with Crippen molar-refractivity contribution in [1.82, 2.24) is 5.32 Å². The Hall–Kier alpha value is -2.83. The zero-order valence-electron chi connectivity index (χ0n) is 19.5. The molecule has 3 aromatic carbocycles. The largest absolute Gasteiger partial charge is 0.348 e. The summed E-state index contributed by atoms with van der Waals surface area (Å²) in [6, 6.07) is 16.9. The van der Waals surface area contributed by atoms with Crippen LogP contribution in [0.15, 0.2) is 65.6 Å². The Labute approximate surface area is 201 Å². The van der Waals surface area contributed by atoms with Gasteiger partial charge in [0.25, 0.3) is 10.0 Å². The van der Waals surface area contributed by atoms with Gasteiger partial charge in [-0.3, -0.25) is 9.10 Å². The SMILES string of the molecule is Cc1cc(C)c([C@@H](C)NC(=O)CN(c2ccc(Cl)cc2C)S(=O)(=O)c2ccccc2)cc1C. The summed E-state index contributed by atoms with van der Waals surface area (Å²) in [7, 11) is -3.98. The van der Waals surface area contributed by atoms with E-state index in [1.165, 1.54) is 17.7 Å². The number of carbonyl (C=O) groups excluding carboxylic acids is 1. The monoisotopic (exact) mass is 484 g/mol. The van der Waals surface area contributed by atoms with Crippen molar-refractivity contribution in [2.24, 2.45) is 0 Å².